The first-order valence-electron chi connectivity index (χ1n) is 5.34. The maximum atomic E-state index is 12.1. The van der Waals surface area contributed by atoms with Gasteiger partial charge in [-0.1, -0.05) is 23.4 Å². The van der Waals surface area contributed by atoms with E-state index in [1.54, 1.807) is 31.2 Å². The van der Waals surface area contributed by atoms with Crippen molar-refractivity contribution in [3.63, 3.8) is 0 Å². The fourth-order valence-corrected chi connectivity index (χ4v) is 2.52. The number of aromatic nitrogens is 2. The third kappa shape index (κ3) is 2.74. The molecule has 0 bridgehead atoms. The Morgan fingerprint density at radius 2 is 2.16 bits per heavy atom. The molecule has 0 atom stereocenters. The van der Waals surface area contributed by atoms with Crippen molar-refractivity contribution in [3.8, 4) is 0 Å². The van der Waals surface area contributed by atoms with Crippen LogP contribution in [-0.2, 0) is 10.0 Å². The summed E-state index contributed by atoms with van der Waals surface area (Å²) in [7, 11) is -3.71. The van der Waals surface area contributed by atoms with E-state index in [1.165, 1.54) is 12.4 Å². The molecule has 2 aromatic rings. The molecule has 19 heavy (non-hydrogen) atoms. The lowest BCUT2D eigenvalue weighted by Gasteiger charge is -2.10. The molecule has 0 spiro atoms. The lowest BCUT2D eigenvalue weighted by molar-refractivity contribution is 0.319. The van der Waals surface area contributed by atoms with Crippen LogP contribution in [0.25, 0.3) is 0 Å². The quantitative estimate of drug-likeness (QED) is 0.447. The monoisotopic (exact) mass is 280 g/mol. The van der Waals surface area contributed by atoms with E-state index in [4.69, 9.17) is 5.21 Å². The standard InChI is InChI=1S/C11H12N4O3S/c1-8(14-16)10-4-2-3-5-11(10)15-19(17,18)9-6-12-13-7-9/h2-7,15-16H,1H3,(H,12,13)/b14-8+. The first kappa shape index (κ1) is 13.1. The van der Waals surface area contributed by atoms with Crippen molar-refractivity contribution in [3.05, 3.63) is 42.2 Å². The highest BCUT2D eigenvalue weighted by Gasteiger charge is 2.17. The lowest BCUT2D eigenvalue weighted by Crippen LogP contribution is -2.14. The Morgan fingerprint density at radius 1 is 1.42 bits per heavy atom. The average Bonchev–Trinajstić information content (AvgIpc) is 2.93. The number of anilines is 1. The molecule has 1 aromatic heterocycles. The van der Waals surface area contributed by atoms with Gasteiger partial charge < -0.3 is 5.21 Å². The van der Waals surface area contributed by atoms with Crippen LogP contribution >= 0.6 is 0 Å². The Morgan fingerprint density at radius 3 is 2.79 bits per heavy atom. The first-order valence-corrected chi connectivity index (χ1v) is 6.82. The molecule has 7 nitrogen and oxygen atoms in total. The predicted octanol–water partition coefficient (Wildman–Crippen LogP) is 1.41. The minimum absolute atomic E-state index is 0.0286. The molecular weight excluding hydrogens is 268 g/mol. The zero-order chi connectivity index (χ0) is 13.9. The van der Waals surface area contributed by atoms with Crippen LogP contribution in [-0.4, -0.2) is 29.5 Å². The van der Waals surface area contributed by atoms with Gasteiger partial charge in [-0.15, -0.1) is 0 Å². The van der Waals surface area contributed by atoms with Gasteiger partial charge in [-0.3, -0.25) is 9.82 Å². The van der Waals surface area contributed by atoms with Gasteiger partial charge in [-0.25, -0.2) is 8.42 Å². The summed E-state index contributed by atoms with van der Waals surface area (Å²) >= 11 is 0. The third-order valence-electron chi connectivity index (χ3n) is 2.49. The van der Waals surface area contributed by atoms with Crippen molar-refractivity contribution in [2.75, 3.05) is 4.72 Å². The number of oxime groups is 1. The van der Waals surface area contributed by atoms with E-state index in [0.29, 0.717) is 17.0 Å². The first-order chi connectivity index (χ1) is 9.04. The zero-order valence-electron chi connectivity index (χ0n) is 10.0. The number of nitrogens with zero attached hydrogens (tertiary/aromatic N) is 2. The Kier molecular flexibility index (Phi) is 3.52. The van der Waals surface area contributed by atoms with Crippen molar-refractivity contribution < 1.29 is 13.6 Å². The Bertz CT molecular complexity index is 692. The van der Waals surface area contributed by atoms with Crippen molar-refractivity contribution in [1.82, 2.24) is 10.2 Å². The fourth-order valence-electron chi connectivity index (χ4n) is 1.53. The largest absolute Gasteiger partial charge is 0.411 e. The minimum Gasteiger partial charge on any atom is -0.411 e. The molecule has 100 valence electrons. The lowest BCUT2D eigenvalue weighted by atomic mass is 10.1. The second-order valence-electron chi connectivity index (χ2n) is 3.77. The highest BCUT2D eigenvalue weighted by atomic mass is 32.2. The number of benzene rings is 1. The maximum absolute atomic E-state index is 12.1. The van der Waals surface area contributed by atoms with Gasteiger partial charge in [0.25, 0.3) is 10.0 Å². The van der Waals surface area contributed by atoms with Crippen molar-refractivity contribution in [1.29, 1.82) is 0 Å². The molecule has 0 aliphatic rings. The van der Waals surface area contributed by atoms with Gasteiger partial charge in [0, 0.05) is 11.8 Å². The van der Waals surface area contributed by atoms with Crippen molar-refractivity contribution in [2.45, 2.75) is 11.8 Å². The average molecular weight is 280 g/mol. The van der Waals surface area contributed by atoms with E-state index in [0.717, 1.165) is 0 Å². The predicted molar refractivity (Wildman–Crippen MR) is 69.8 cm³/mol. The fraction of sp³-hybridized carbons (Fsp3) is 0.0909. The van der Waals surface area contributed by atoms with Crippen LogP contribution in [0.2, 0.25) is 0 Å². The molecule has 1 heterocycles. The third-order valence-corrected chi connectivity index (χ3v) is 3.83. The molecule has 1 aromatic carbocycles. The molecular formula is C11H12N4O3S. The number of para-hydroxylation sites is 1. The van der Waals surface area contributed by atoms with Gasteiger partial charge >= 0.3 is 0 Å². The van der Waals surface area contributed by atoms with Gasteiger partial charge in [0.1, 0.15) is 4.90 Å². The summed E-state index contributed by atoms with van der Waals surface area (Å²) < 4.78 is 26.5. The molecule has 0 aliphatic heterocycles. The van der Waals surface area contributed by atoms with Gasteiger partial charge in [0.2, 0.25) is 0 Å². The molecule has 0 saturated heterocycles. The van der Waals surface area contributed by atoms with Crippen LogP contribution in [0.5, 0.6) is 0 Å². The van der Waals surface area contributed by atoms with E-state index >= 15 is 0 Å². The highest BCUT2D eigenvalue weighted by Crippen LogP contribution is 2.20. The van der Waals surface area contributed by atoms with E-state index in [9.17, 15) is 8.42 Å². The topological polar surface area (TPSA) is 107 Å². The van der Waals surface area contributed by atoms with Crippen molar-refractivity contribution in [2.24, 2.45) is 5.16 Å². The van der Waals surface area contributed by atoms with Crippen LogP contribution in [0.3, 0.4) is 0 Å². The Balaban J connectivity index is 2.40. The number of nitrogens with one attached hydrogen (secondary N) is 2. The summed E-state index contributed by atoms with van der Waals surface area (Å²) in [6.45, 7) is 1.57. The second kappa shape index (κ2) is 5.11. The zero-order valence-corrected chi connectivity index (χ0v) is 10.8. The molecule has 2 rings (SSSR count). The van der Waals surface area contributed by atoms with Crippen LogP contribution in [0.15, 0.2) is 46.7 Å². The molecule has 0 amide bonds. The van der Waals surface area contributed by atoms with Crippen LogP contribution in [0, 0.1) is 0 Å². The van der Waals surface area contributed by atoms with Gasteiger partial charge in [-0.2, -0.15) is 5.10 Å². The molecule has 3 N–H and O–H groups in total. The summed E-state index contributed by atoms with van der Waals surface area (Å²) in [6, 6.07) is 6.64. The smallest absolute Gasteiger partial charge is 0.265 e. The normalized spacial score (nSPS) is 12.4. The molecule has 0 radical (unpaired) electrons. The molecule has 0 fully saturated rings. The molecule has 0 unspecified atom stereocenters. The maximum Gasteiger partial charge on any atom is 0.265 e. The highest BCUT2D eigenvalue weighted by molar-refractivity contribution is 7.92. The molecule has 0 aliphatic carbocycles. The van der Waals surface area contributed by atoms with E-state index in [1.807, 2.05) is 0 Å². The molecule has 8 heteroatoms. The van der Waals surface area contributed by atoms with Gasteiger partial charge in [0.15, 0.2) is 0 Å². The van der Waals surface area contributed by atoms with E-state index in [2.05, 4.69) is 20.1 Å². The van der Waals surface area contributed by atoms with Crippen LogP contribution in [0.4, 0.5) is 5.69 Å². The number of sulfonamides is 1. The number of H-pyrrole nitrogens is 1. The second-order valence-corrected chi connectivity index (χ2v) is 5.45. The summed E-state index contributed by atoms with van der Waals surface area (Å²) in [5.41, 5.74) is 1.14. The van der Waals surface area contributed by atoms with Crippen molar-refractivity contribution >= 4 is 21.4 Å². The summed E-state index contributed by atoms with van der Waals surface area (Å²) in [4.78, 5) is 0.0286. The van der Waals surface area contributed by atoms with E-state index in [-0.39, 0.29) is 4.90 Å². The summed E-state index contributed by atoms with van der Waals surface area (Å²) in [5.74, 6) is 0. The SMILES string of the molecule is C/C(=N\O)c1ccccc1NS(=O)(=O)c1cn[nH]c1. The van der Waals surface area contributed by atoms with Crippen LogP contribution < -0.4 is 4.72 Å². The van der Waals surface area contributed by atoms with Crippen LogP contribution in [0.1, 0.15) is 12.5 Å². The Hall–Kier alpha value is -2.35. The number of rotatable bonds is 4. The van der Waals surface area contributed by atoms with E-state index < -0.39 is 10.0 Å². The number of hydrogen-bond donors (Lipinski definition) is 3. The summed E-state index contributed by atoms with van der Waals surface area (Å²) in [5, 5.41) is 17.9. The Labute approximate surface area is 110 Å². The number of hydrogen-bond acceptors (Lipinski definition) is 5. The number of aromatic amines is 1. The summed E-state index contributed by atoms with van der Waals surface area (Å²) in [6.07, 6.45) is 2.48. The van der Waals surface area contributed by atoms with Gasteiger partial charge in [-0.05, 0) is 13.0 Å². The van der Waals surface area contributed by atoms with Gasteiger partial charge in [0.05, 0.1) is 17.6 Å². The molecule has 0 saturated carbocycles. The minimum atomic E-state index is -3.71.